The highest BCUT2D eigenvalue weighted by molar-refractivity contribution is 9.10. The smallest absolute Gasteiger partial charge is 0.165 e. The summed E-state index contributed by atoms with van der Waals surface area (Å²) in [5.74, 6) is -0.0808. The number of rotatable bonds is 4. The van der Waals surface area contributed by atoms with Crippen LogP contribution in [-0.4, -0.2) is 7.11 Å². The maximum absolute atomic E-state index is 13.4. The van der Waals surface area contributed by atoms with E-state index in [0.717, 1.165) is 15.7 Å². The zero-order valence-corrected chi connectivity index (χ0v) is 13.3. The molecule has 2 nitrogen and oxygen atoms in total. The molecule has 2 rings (SSSR count). The van der Waals surface area contributed by atoms with Gasteiger partial charge >= 0.3 is 0 Å². The van der Waals surface area contributed by atoms with Crippen molar-refractivity contribution in [2.75, 3.05) is 12.4 Å². The zero-order valence-electron chi connectivity index (χ0n) is 11.7. The number of hydrogen-bond donors (Lipinski definition) is 1. The van der Waals surface area contributed by atoms with Crippen molar-refractivity contribution in [3.63, 3.8) is 0 Å². The topological polar surface area (TPSA) is 21.3 Å². The molecule has 0 heterocycles. The predicted octanol–water partition coefficient (Wildman–Crippen LogP) is 5.08. The van der Waals surface area contributed by atoms with Gasteiger partial charge in [0.15, 0.2) is 11.6 Å². The Bertz CT molecular complexity index is 615. The van der Waals surface area contributed by atoms with Gasteiger partial charge in [0.1, 0.15) is 0 Å². The van der Waals surface area contributed by atoms with Crippen LogP contribution >= 0.6 is 15.9 Å². The Hall–Kier alpha value is -1.55. The molecule has 1 unspecified atom stereocenters. The Morgan fingerprint density at radius 3 is 2.60 bits per heavy atom. The highest BCUT2D eigenvalue weighted by Crippen LogP contribution is 2.27. The summed E-state index contributed by atoms with van der Waals surface area (Å²) in [6.07, 6.45) is 0. The number of benzene rings is 2. The molecular formula is C16H17BrFNO. The van der Waals surface area contributed by atoms with Crippen molar-refractivity contribution in [3.8, 4) is 5.75 Å². The van der Waals surface area contributed by atoms with E-state index in [2.05, 4.69) is 21.2 Å². The van der Waals surface area contributed by atoms with E-state index in [1.165, 1.54) is 18.7 Å². The van der Waals surface area contributed by atoms with Gasteiger partial charge in [-0.2, -0.15) is 0 Å². The molecule has 1 N–H and O–H groups in total. The number of hydrogen-bond acceptors (Lipinski definition) is 2. The molecule has 0 saturated carbocycles. The van der Waals surface area contributed by atoms with Crippen molar-refractivity contribution in [1.29, 1.82) is 0 Å². The second-order valence-electron chi connectivity index (χ2n) is 4.72. The van der Waals surface area contributed by atoms with Gasteiger partial charge in [-0.25, -0.2) is 4.39 Å². The van der Waals surface area contributed by atoms with Crippen molar-refractivity contribution in [1.82, 2.24) is 0 Å². The van der Waals surface area contributed by atoms with E-state index in [1.807, 2.05) is 32.0 Å². The van der Waals surface area contributed by atoms with Crippen LogP contribution < -0.4 is 10.1 Å². The highest BCUT2D eigenvalue weighted by atomic mass is 79.9. The Morgan fingerprint density at radius 1 is 1.20 bits per heavy atom. The van der Waals surface area contributed by atoms with E-state index in [9.17, 15) is 4.39 Å². The first-order valence-electron chi connectivity index (χ1n) is 6.37. The van der Waals surface area contributed by atoms with Gasteiger partial charge < -0.3 is 10.1 Å². The Balaban J connectivity index is 2.19. The second kappa shape index (κ2) is 6.27. The lowest BCUT2D eigenvalue weighted by Gasteiger charge is -2.17. The summed E-state index contributed by atoms with van der Waals surface area (Å²) in [5.41, 5.74) is 3.17. The van der Waals surface area contributed by atoms with Crippen LogP contribution in [0.1, 0.15) is 24.1 Å². The first-order chi connectivity index (χ1) is 9.51. The summed E-state index contributed by atoms with van der Waals surface area (Å²) < 4.78 is 19.5. The van der Waals surface area contributed by atoms with Crippen LogP contribution in [0.4, 0.5) is 10.1 Å². The summed E-state index contributed by atoms with van der Waals surface area (Å²) in [5, 5.41) is 3.39. The minimum absolute atomic E-state index is 0.0547. The molecule has 20 heavy (non-hydrogen) atoms. The molecule has 0 saturated heterocycles. The fraction of sp³-hybridized carbons (Fsp3) is 0.250. The maximum atomic E-state index is 13.4. The molecule has 106 valence electrons. The van der Waals surface area contributed by atoms with E-state index in [0.29, 0.717) is 0 Å². The summed E-state index contributed by atoms with van der Waals surface area (Å²) in [7, 11) is 1.47. The van der Waals surface area contributed by atoms with E-state index in [1.54, 1.807) is 12.1 Å². The average molecular weight is 338 g/mol. The number of anilines is 1. The molecule has 0 aliphatic carbocycles. The average Bonchev–Trinajstić information content (AvgIpc) is 2.43. The SMILES string of the molecule is COc1cc(C(C)Nc2ccc(C)c(Br)c2)ccc1F. The van der Waals surface area contributed by atoms with Crippen LogP contribution in [0.2, 0.25) is 0 Å². The van der Waals surface area contributed by atoms with E-state index in [4.69, 9.17) is 4.74 Å². The first-order valence-corrected chi connectivity index (χ1v) is 7.16. The van der Waals surface area contributed by atoms with Crippen molar-refractivity contribution in [2.45, 2.75) is 19.9 Å². The molecule has 0 aromatic heterocycles. The quantitative estimate of drug-likeness (QED) is 0.840. The van der Waals surface area contributed by atoms with Gasteiger partial charge in [-0.3, -0.25) is 0 Å². The third-order valence-electron chi connectivity index (χ3n) is 3.23. The lowest BCUT2D eigenvalue weighted by molar-refractivity contribution is 0.385. The van der Waals surface area contributed by atoms with Gasteiger partial charge in [0.05, 0.1) is 7.11 Å². The van der Waals surface area contributed by atoms with Gasteiger partial charge in [0, 0.05) is 16.2 Å². The highest BCUT2D eigenvalue weighted by Gasteiger charge is 2.10. The van der Waals surface area contributed by atoms with Gasteiger partial charge in [0.25, 0.3) is 0 Å². The standard InChI is InChI=1S/C16H17BrFNO/c1-10-4-6-13(9-14(10)17)19-11(2)12-5-7-15(18)16(8-12)20-3/h4-9,11,19H,1-3H3. The third-order valence-corrected chi connectivity index (χ3v) is 4.08. The van der Waals surface area contributed by atoms with Gasteiger partial charge in [-0.1, -0.05) is 28.1 Å². The molecule has 2 aromatic carbocycles. The molecule has 0 amide bonds. The second-order valence-corrected chi connectivity index (χ2v) is 5.58. The van der Waals surface area contributed by atoms with Crippen LogP contribution in [0, 0.1) is 12.7 Å². The van der Waals surface area contributed by atoms with Crippen molar-refractivity contribution >= 4 is 21.6 Å². The fourth-order valence-corrected chi connectivity index (χ4v) is 2.34. The lowest BCUT2D eigenvalue weighted by Crippen LogP contribution is -2.07. The van der Waals surface area contributed by atoms with Crippen molar-refractivity contribution in [3.05, 3.63) is 57.8 Å². The first kappa shape index (κ1) is 14.9. The number of halogens is 2. The Morgan fingerprint density at radius 2 is 1.95 bits per heavy atom. The molecule has 0 bridgehead atoms. The Labute approximate surface area is 127 Å². The number of methoxy groups -OCH3 is 1. The summed E-state index contributed by atoms with van der Waals surface area (Å²) in [4.78, 5) is 0. The lowest BCUT2D eigenvalue weighted by atomic mass is 10.1. The van der Waals surface area contributed by atoms with Crippen molar-refractivity contribution in [2.24, 2.45) is 0 Å². The van der Waals surface area contributed by atoms with E-state index < -0.39 is 0 Å². The van der Waals surface area contributed by atoms with Crippen LogP contribution in [0.15, 0.2) is 40.9 Å². The minimum Gasteiger partial charge on any atom is -0.494 e. The van der Waals surface area contributed by atoms with Gasteiger partial charge in [-0.15, -0.1) is 0 Å². The Kier molecular flexibility index (Phi) is 4.65. The zero-order chi connectivity index (χ0) is 14.7. The summed E-state index contributed by atoms with van der Waals surface area (Å²) in [6.45, 7) is 4.07. The summed E-state index contributed by atoms with van der Waals surface area (Å²) >= 11 is 3.51. The van der Waals surface area contributed by atoms with Crippen LogP contribution in [-0.2, 0) is 0 Å². The maximum Gasteiger partial charge on any atom is 0.165 e. The minimum atomic E-state index is -0.346. The monoisotopic (exact) mass is 337 g/mol. The molecule has 1 atom stereocenters. The number of nitrogens with one attached hydrogen (secondary N) is 1. The molecular weight excluding hydrogens is 321 g/mol. The van der Waals surface area contributed by atoms with Gasteiger partial charge in [0.2, 0.25) is 0 Å². The molecule has 2 aromatic rings. The predicted molar refractivity (Wildman–Crippen MR) is 83.9 cm³/mol. The van der Waals surface area contributed by atoms with E-state index in [-0.39, 0.29) is 17.6 Å². The molecule has 0 radical (unpaired) electrons. The van der Waals surface area contributed by atoms with E-state index >= 15 is 0 Å². The molecule has 0 aliphatic rings. The van der Waals surface area contributed by atoms with Gasteiger partial charge in [-0.05, 0) is 49.2 Å². The molecule has 0 fully saturated rings. The van der Waals surface area contributed by atoms with Crippen LogP contribution in [0.5, 0.6) is 5.75 Å². The van der Waals surface area contributed by atoms with Crippen LogP contribution in [0.3, 0.4) is 0 Å². The largest absolute Gasteiger partial charge is 0.494 e. The fourth-order valence-electron chi connectivity index (χ4n) is 1.96. The summed E-state index contributed by atoms with van der Waals surface area (Å²) in [6, 6.07) is 11.1. The third kappa shape index (κ3) is 3.31. The normalized spacial score (nSPS) is 12.1. The molecule has 0 aliphatic heterocycles. The number of ether oxygens (including phenoxy) is 1. The molecule has 0 spiro atoms. The molecule has 4 heteroatoms. The number of aryl methyl sites for hydroxylation is 1. The van der Waals surface area contributed by atoms with Crippen LogP contribution in [0.25, 0.3) is 0 Å². The van der Waals surface area contributed by atoms with Crippen molar-refractivity contribution < 1.29 is 9.13 Å².